The molecule has 2 amide bonds. The van der Waals surface area contributed by atoms with Gasteiger partial charge in [-0.15, -0.1) is 5.10 Å². The second-order valence-corrected chi connectivity index (χ2v) is 9.26. The lowest BCUT2D eigenvalue weighted by molar-refractivity contribution is -0.136. The van der Waals surface area contributed by atoms with Crippen molar-refractivity contribution in [2.24, 2.45) is 0 Å². The highest BCUT2D eigenvalue weighted by Gasteiger charge is 2.39. The number of hydrogen-bond acceptors (Lipinski definition) is 7. The molecule has 0 spiro atoms. The summed E-state index contributed by atoms with van der Waals surface area (Å²) in [5.41, 5.74) is 0.322. The summed E-state index contributed by atoms with van der Waals surface area (Å²) in [7, 11) is 0. The van der Waals surface area contributed by atoms with Crippen LogP contribution in [0.25, 0.3) is 5.69 Å². The monoisotopic (exact) mass is 442 g/mol. The van der Waals surface area contributed by atoms with Crippen LogP contribution in [0.3, 0.4) is 0 Å². The van der Waals surface area contributed by atoms with Crippen LogP contribution in [0.5, 0.6) is 5.75 Å². The number of carbonyl (C=O) groups is 2. The summed E-state index contributed by atoms with van der Waals surface area (Å²) in [6.45, 7) is 9.26. The molecule has 172 valence electrons. The second kappa shape index (κ2) is 8.76. The average molecular weight is 443 g/mol. The van der Waals surface area contributed by atoms with Crippen molar-refractivity contribution in [2.75, 3.05) is 19.6 Å². The quantitative estimate of drug-likeness (QED) is 0.716. The van der Waals surface area contributed by atoms with E-state index in [4.69, 9.17) is 9.47 Å². The molecule has 0 bridgehead atoms. The van der Waals surface area contributed by atoms with Gasteiger partial charge in [-0.3, -0.25) is 4.79 Å². The number of rotatable bonds is 4. The number of aryl methyl sites for hydroxylation is 1. The van der Waals surface area contributed by atoms with Gasteiger partial charge in [-0.05, 0) is 75.2 Å². The van der Waals surface area contributed by atoms with Gasteiger partial charge < -0.3 is 19.3 Å². The molecule has 0 radical (unpaired) electrons. The predicted octanol–water partition coefficient (Wildman–Crippen LogP) is 2.35. The van der Waals surface area contributed by atoms with Crippen molar-refractivity contribution in [3.8, 4) is 11.4 Å². The van der Waals surface area contributed by atoms with E-state index >= 15 is 0 Å². The Balaban J connectivity index is 1.30. The summed E-state index contributed by atoms with van der Waals surface area (Å²) in [5.74, 6) is 1.35. The van der Waals surface area contributed by atoms with Gasteiger partial charge in [0.05, 0.1) is 5.69 Å². The Morgan fingerprint density at radius 3 is 2.34 bits per heavy atom. The Morgan fingerprint density at radius 2 is 1.75 bits per heavy atom. The molecule has 10 heteroatoms. The third-order valence-corrected chi connectivity index (χ3v) is 5.73. The van der Waals surface area contributed by atoms with Crippen LogP contribution in [0.4, 0.5) is 4.79 Å². The Kier molecular flexibility index (Phi) is 6.03. The van der Waals surface area contributed by atoms with Gasteiger partial charge in [0.15, 0.2) is 11.9 Å². The molecule has 2 fully saturated rings. The molecule has 2 saturated heterocycles. The number of piperidine rings is 1. The first-order valence-electron chi connectivity index (χ1n) is 11.0. The molecule has 2 aromatic rings. The van der Waals surface area contributed by atoms with Crippen LogP contribution < -0.4 is 4.74 Å². The summed E-state index contributed by atoms with van der Waals surface area (Å²) in [6, 6.07) is 7.50. The van der Waals surface area contributed by atoms with Crippen LogP contribution in [0.2, 0.25) is 0 Å². The van der Waals surface area contributed by atoms with Crippen molar-refractivity contribution in [3.05, 3.63) is 30.1 Å². The first kappa shape index (κ1) is 22.0. The molecule has 2 aliphatic heterocycles. The highest BCUT2D eigenvalue weighted by Crippen LogP contribution is 2.26. The first-order chi connectivity index (χ1) is 15.2. The van der Waals surface area contributed by atoms with Gasteiger partial charge in [0.25, 0.3) is 5.91 Å². The van der Waals surface area contributed by atoms with E-state index in [2.05, 4.69) is 15.5 Å². The maximum atomic E-state index is 13.0. The number of aromatic nitrogens is 4. The van der Waals surface area contributed by atoms with E-state index in [-0.39, 0.29) is 18.0 Å². The van der Waals surface area contributed by atoms with Gasteiger partial charge in [0.2, 0.25) is 0 Å². The van der Waals surface area contributed by atoms with Crippen LogP contribution in [0, 0.1) is 6.92 Å². The van der Waals surface area contributed by atoms with Crippen molar-refractivity contribution in [3.63, 3.8) is 0 Å². The Labute approximate surface area is 187 Å². The standard InChI is InChI=1S/C22H30N6O4/c1-15-23-24-25-28(15)17-5-7-18(8-6-17)31-19-11-14-27(20(19)29)16-9-12-26(13-10-16)21(30)32-22(2,3)4/h5-8,16,19H,9-14H2,1-4H3. The lowest BCUT2D eigenvalue weighted by Gasteiger charge is -2.37. The Bertz CT molecular complexity index is 960. The third-order valence-electron chi connectivity index (χ3n) is 5.73. The molecule has 4 rings (SSSR count). The minimum atomic E-state index is -0.507. The number of likely N-dealkylation sites (tertiary alicyclic amines) is 2. The molecule has 0 saturated carbocycles. The van der Waals surface area contributed by atoms with Crippen LogP contribution in [0.1, 0.15) is 45.9 Å². The largest absolute Gasteiger partial charge is 0.481 e. The summed E-state index contributed by atoms with van der Waals surface area (Å²) in [6.07, 6.45) is 1.37. The van der Waals surface area contributed by atoms with Gasteiger partial charge in [-0.1, -0.05) is 0 Å². The molecule has 1 unspecified atom stereocenters. The highest BCUT2D eigenvalue weighted by molar-refractivity contribution is 5.83. The highest BCUT2D eigenvalue weighted by atomic mass is 16.6. The number of carbonyl (C=O) groups excluding carboxylic acids is 2. The van der Waals surface area contributed by atoms with Crippen molar-refractivity contribution in [1.82, 2.24) is 30.0 Å². The van der Waals surface area contributed by atoms with E-state index in [0.29, 0.717) is 37.6 Å². The Hall–Kier alpha value is -3.17. The molecule has 1 atom stereocenters. The van der Waals surface area contributed by atoms with E-state index < -0.39 is 11.7 Å². The fourth-order valence-electron chi connectivity index (χ4n) is 4.13. The zero-order valence-corrected chi connectivity index (χ0v) is 19.0. The summed E-state index contributed by atoms with van der Waals surface area (Å²) in [5, 5.41) is 11.5. The number of hydrogen-bond donors (Lipinski definition) is 0. The number of benzene rings is 1. The third kappa shape index (κ3) is 4.84. The molecule has 3 heterocycles. The van der Waals surface area contributed by atoms with Gasteiger partial charge in [0, 0.05) is 32.1 Å². The summed E-state index contributed by atoms with van der Waals surface area (Å²) >= 11 is 0. The predicted molar refractivity (Wildman–Crippen MR) is 115 cm³/mol. The van der Waals surface area contributed by atoms with Crippen LogP contribution in [-0.4, -0.2) is 79.4 Å². The maximum Gasteiger partial charge on any atom is 0.410 e. The van der Waals surface area contributed by atoms with E-state index in [1.54, 1.807) is 9.58 Å². The molecule has 1 aromatic heterocycles. The molecule has 1 aromatic carbocycles. The maximum absolute atomic E-state index is 13.0. The number of tetrazole rings is 1. The van der Waals surface area contributed by atoms with Gasteiger partial charge >= 0.3 is 6.09 Å². The molecular formula is C22H30N6O4. The lowest BCUT2D eigenvalue weighted by atomic mass is 10.0. The molecular weight excluding hydrogens is 412 g/mol. The Morgan fingerprint density at radius 1 is 1.06 bits per heavy atom. The van der Waals surface area contributed by atoms with Crippen molar-refractivity contribution >= 4 is 12.0 Å². The first-order valence-corrected chi connectivity index (χ1v) is 11.0. The fourth-order valence-corrected chi connectivity index (χ4v) is 4.13. The molecule has 32 heavy (non-hydrogen) atoms. The van der Waals surface area contributed by atoms with Crippen molar-refractivity contribution in [1.29, 1.82) is 0 Å². The molecule has 0 aliphatic carbocycles. The molecule has 10 nitrogen and oxygen atoms in total. The fraction of sp³-hybridized carbons (Fsp3) is 0.591. The number of amides is 2. The topological polar surface area (TPSA) is 103 Å². The van der Waals surface area contributed by atoms with Crippen molar-refractivity contribution < 1.29 is 19.1 Å². The number of nitrogens with zero attached hydrogens (tertiary/aromatic N) is 6. The van der Waals surface area contributed by atoms with Crippen LogP contribution >= 0.6 is 0 Å². The lowest BCUT2D eigenvalue weighted by Crippen LogP contribution is -2.49. The van der Waals surface area contributed by atoms with E-state index in [1.165, 1.54) is 0 Å². The minimum Gasteiger partial charge on any atom is -0.481 e. The van der Waals surface area contributed by atoms with E-state index in [9.17, 15) is 9.59 Å². The molecule has 0 N–H and O–H groups in total. The van der Waals surface area contributed by atoms with E-state index in [0.717, 1.165) is 18.5 Å². The van der Waals surface area contributed by atoms with Crippen LogP contribution in [0.15, 0.2) is 24.3 Å². The summed E-state index contributed by atoms with van der Waals surface area (Å²) in [4.78, 5) is 28.9. The van der Waals surface area contributed by atoms with Gasteiger partial charge in [-0.25, -0.2) is 4.79 Å². The van der Waals surface area contributed by atoms with Gasteiger partial charge in [0.1, 0.15) is 11.4 Å². The van der Waals surface area contributed by atoms with Crippen molar-refractivity contribution in [2.45, 2.75) is 64.7 Å². The number of ether oxygens (including phenoxy) is 2. The zero-order valence-electron chi connectivity index (χ0n) is 19.0. The van der Waals surface area contributed by atoms with Gasteiger partial charge in [-0.2, -0.15) is 4.68 Å². The van der Waals surface area contributed by atoms with E-state index in [1.807, 2.05) is 56.9 Å². The average Bonchev–Trinajstić information content (AvgIpc) is 3.33. The summed E-state index contributed by atoms with van der Waals surface area (Å²) < 4.78 is 13.1. The minimum absolute atomic E-state index is 0.0149. The smallest absolute Gasteiger partial charge is 0.410 e. The van der Waals surface area contributed by atoms with Crippen LogP contribution in [-0.2, 0) is 9.53 Å². The SMILES string of the molecule is Cc1nnnn1-c1ccc(OC2CCN(C3CCN(C(=O)OC(C)(C)C)CC3)C2=O)cc1. The second-order valence-electron chi connectivity index (χ2n) is 9.26. The zero-order chi connectivity index (χ0) is 22.9. The normalized spacial score (nSPS) is 20.0. The molecule has 2 aliphatic rings.